The van der Waals surface area contributed by atoms with Gasteiger partial charge in [0.25, 0.3) is 0 Å². The first kappa shape index (κ1) is 13.1. The smallest absolute Gasteiger partial charge is 0.00183 e. The summed E-state index contributed by atoms with van der Waals surface area (Å²) in [6.45, 7) is 5.78. The highest BCUT2D eigenvalue weighted by atomic mass is 32.2. The normalized spacial score (nSPS) is 12.8. The van der Waals surface area contributed by atoms with Crippen LogP contribution >= 0.6 is 11.8 Å². The lowest BCUT2D eigenvalue weighted by Crippen LogP contribution is -2.15. The van der Waals surface area contributed by atoms with E-state index in [-0.39, 0.29) is 0 Å². The molecule has 2 heteroatoms. The van der Waals surface area contributed by atoms with Crippen LogP contribution in [-0.2, 0) is 0 Å². The summed E-state index contributed by atoms with van der Waals surface area (Å²) in [4.78, 5) is 0. The van der Waals surface area contributed by atoms with Crippen molar-refractivity contribution < 1.29 is 0 Å². The SMILES string of the molecule is C=CCCCCCSCCC(C)N. The van der Waals surface area contributed by atoms with Crippen molar-refractivity contribution in [2.45, 2.75) is 45.1 Å². The number of thioether (sulfide) groups is 1. The molecule has 78 valence electrons. The van der Waals surface area contributed by atoms with Gasteiger partial charge in [-0.3, -0.25) is 0 Å². The van der Waals surface area contributed by atoms with Gasteiger partial charge in [0.2, 0.25) is 0 Å². The molecule has 1 nitrogen and oxygen atoms in total. The highest BCUT2D eigenvalue weighted by molar-refractivity contribution is 7.99. The van der Waals surface area contributed by atoms with Crippen LogP contribution in [0.2, 0.25) is 0 Å². The molecular weight excluding hydrogens is 178 g/mol. The summed E-state index contributed by atoms with van der Waals surface area (Å²) in [6.07, 6.45) is 8.32. The Morgan fingerprint density at radius 2 is 2.08 bits per heavy atom. The van der Waals surface area contributed by atoms with E-state index in [0.29, 0.717) is 6.04 Å². The lowest BCUT2D eigenvalue weighted by atomic mass is 10.2. The zero-order valence-corrected chi connectivity index (χ0v) is 9.61. The van der Waals surface area contributed by atoms with Gasteiger partial charge in [-0.2, -0.15) is 11.8 Å². The summed E-state index contributed by atoms with van der Waals surface area (Å²) in [5.74, 6) is 2.52. The van der Waals surface area contributed by atoms with Crippen molar-refractivity contribution in [3.05, 3.63) is 12.7 Å². The van der Waals surface area contributed by atoms with Crippen molar-refractivity contribution in [2.75, 3.05) is 11.5 Å². The molecular formula is C11H23NS. The number of hydrogen-bond donors (Lipinski definition) is 1. The molecule has 0 aliphatic rings. The van der Waals surface area contributed by atoms with E-state index >= 15 is 0 Å². The molecule has 0 aromatic rings. The van der Waals surface area contributed by atoms with Crippen LogP contribution in [-0.4, -0.2) is 17.5 Å². The third-order valence-corrected chi connectivity index (χ3v) is 3.02. The van der Waals surface area contributed by atoms with E-state index in [9.17, 15) is 0 Å². The Bertz CT molecular complexity index is 113. The van der Waals surface area contributed by atoms with Crippen LogP contribution in [0.3, 0.4) is 0 Å². The minimum Gasteiger partial charge on any atom is -0.328 e. The minimum absolute atomic E-state index is 0.369. The largest absolute Gasteiger partial charge is 0.328 e. The molecule has 0 aromatic heterocycles. The predicted molar refractivity (Wildman–Crippen MR) is 64.3 cm³/mol. The molecule has 2 N–H and O–H groups in total. The highest BCUT2D eigenvalue weighted by Crippen LogP contribution is 2.09. The molecule has 0 radical (unpaired) electrons. The fourth-order valence-corrected chi connectivity index (χ4v) is 2.19. The lowest BCUT2D eigenvalue weighted by Gasteiger charge is -2.04. The second-order valence-electron chi connectivity index (χ2n) is 3.52. The molecule has 0 saturated heterocycles. The van der Waals surface area contributed by atoms with E-state index in [0.717, 1.165) is 6.42 Å². The molecule has 0 aromatic carbocycles. The van der Waals surface area contributed by atoms with Gasteiger partial charge in [-0.1, -0.05) is 12.5 Å². The maximum atomic E-state index is 5.65. The van der Waals surface area contributed by atoms with Gasteiger partial charge in [-0.25, -0.2) is 0 Å². The van der Waals surface area contributed by atoms with E-state index < -0.39 is 0 Å². The van der Waals surface area contributed by atoms with Crippen LogP contribution in [0.15, 0.2) is 12.7 Å². The van der Waals surface area contributed by atoms with Crippen LogP contribution in [0.25, 0.3) is 0 Å². The summed E-state index contributed by atoms with van der Waals surface area (Å²) >= 11 is 2.03. The van der Waals surface area contributed by atoms with Crippen molar-refractivity contribution >= 4 is 11.8 Å². The third-order valence-electron chi connectivity index (χ3n) is 1.91. The predicted octanol–water partition coefficient (Wildman–Crippen LogP) is 3.20. The molecule has 0 aliphatic heterocycles. The van der Waals surface area contributed by atoms with E-state index in [2.05, 4.69) is 13.5 Å². The first-order chi connectivity index (χ1) is 6.27. The average molecular weight is 201 g/mol. The number of hydrogen-bond acceptors (Lipinski definition) is 2. The summed E-state index contributed by atoms with van der Waals surface area (Å²) < 4.78 is 0. The molecule has 0 amide bonds. The van der Waals surface area contributed by atoms with Gasteiger partial charge in [0, 0.05) is 6.04 Å². The summed E-state index contributed by atoms with van der Waals surface area (Å²) in [7, 11) is 0. The Morgan fingerprint density at radius 1 is 1.31 bits per heavy atom. The van der Waals surface area contributed by atoms with E-state index in [1.807, 2.05) is 17.8 Å². The van der Waals surface area contributed by atoms with E-state index in [1.165, 1.54) is 37.2 Å². The summed E-state index contributed by atoms with van der Waals surface area (Å²) in [5.41, 5.74) is 5.65. The highest BCUT2D eigenvalue weighted by Gasteiger charge is 1.94. The summed E-state index contributed by atoms with van der Waals surface area (Å²) in [5, 5.41) is 0. The van der Waals surface area contributed by atoms with Crippen molar-refractivity contribution in [1.82, 2.24) is 0 Å². The molecule has 0 bridgehead atoms. The molecule has 0 heterocycles. The molecule has 0 rings (SSSR count). The number of unbranched alkanes of at least 4 members (excludes halogenated alkanes) is 3. The van der Waals surface area contributed by atoms with Gasteiger partial charge in [0.15, 0.2) is 0 Å². The first-order valence-electron chi connectivity index (χ1n) is 5.21. The zero-order chi connectivity index (χ0) is 9.94. The Kier molecular flexibility index (Phi) is 10.2. The average Bonchev–Trinajstić information content (AvgIpc) is 2.09. The van der Waals surface area contributed by atoms with Crippen LogP contribution < -0.4 is 5.73 Å². The Balaban J connectivity index is 2.87. The van der Waals surface area contributed by atoms with Crippen LogP contribution in [0.4, 0.5) is 0 Å². The van der Waals surface area contributed by atoms with Crippen molar-refractivity contribution in [3.63, 3.8) is 0 Å². The van der Waals surface area contributed by atoms with Crippen LogP contribution in [0, 0.1) is 0 Å². The quantitative estimate of drug-likeness (QED) is 0.458. The fraction of sp³-hybridized carbons (Fsp3) is 0.818. The van der Waals surface area contributed by atoms with E-state index in [4.69, 9.17) is 5.73 Å². The topological polar surface area (TPSA) is 26.0 Å². The second-order valence-corrected chi connectivity index (χ2v) is 4.74. The Hall–Kier alpha value is 0.0500. The second kappa shape index (κ2) is 10.1. The van der Waals surface area contributed by atoms with Crippen molar-refractivity contribution in [1.29, 1.82) is 0 Å². The molecule has 1 atom stereocenters. The monoisotopic (exact) mass is 201 g/mol. The molecule has 0 spiro atoms. The zero-order valence-electron chi connectivity index (χ0n) is 8.80. The first-order valence-corrected chi connectivity index (χ1v) is 6.37. The summed E-state index contributed by atoms with van der Waals surface area (Å²) in [6, 6.07) is 0.369. The Labute approximate surface area is 87.2 Å². The third kappa shape index (κ3) is 12.1. The molecule has 0 aliphatic carbocycles. The Morgan fingerprint density at radius 3 is 2.69 bits per heavy atom. The number of nitrogens with two attached hydrogens (primary N) is 1. The minimum atomic E-state index is 0.369. The molecule has 13 heavy (non-hydrogen) atoms. The maximum absolute atomic E-state index is 5.65. The van der Waals surface area contributed by atoms with Gasteiger partial charge >= 0.3 is 0 Å². The maximum Gasteiger partial charge on any atom is 0.00183 e. The lowest BCUT2D eigenvalue weighted by molar-refractivity contribution is 0.717. The van der Waals surface area contributed by atoms with Crippen molar-refractivity contribution in [3.8, 4) is 0 Å². The molecule has 0 fully saturated rings. The van der Waals surface area contributed by atoms with Crippen molar-refractivity contribution in [2.24, 2.45) is 5.73 Å². The standard InChI is InChI=1S/C11H23NS/c1-3-4-5-6-7-9-13-10-8-11(2)12/h3,11H,1,4-10,12H2,2H3. The van der Waals surface area contributed by atoms with Crippen LogP contribution in [0.5, 0.6) is 0 Å². The van der Waals surface area contributed by atoms with Gasteiger partial charge in [0.05, 0.1) is 0 Å². The van der Waals surface area contributed by atoms with Gasteiger partial charge in [-0.15, -0.1) is 6.58 Å². The van der Waals surface area contributed by atoms with Gasteiger partial charge < -0.3 is 5.73 Å². The van der Waals surface area contributed by atoms with Gasteiger partial charge in [-0.05, 0) is 44.1 Å². The number of allylic oxidation sites excluding steroid dienone is 1. The fourth-order valence-electron chi connectivity index (χ4n) is 1.04. The van der Waals surface area contributed by atoms with E-state index in [1.54, 1.807) is 0 Å². The van der Waals surface area contributed by atoms with Crippen LogP contribution in [0.1, 0.15) is 39.0 Å². The molecule has 0 saturated carbocycles. The molecule has 1 unspecified atom stereocenters. The number of rotatable bonds is 9. The van der Waals surface area contributed by atoms with Gasteiger partial charge in [0.1, 0.15) is 0 Å².